The molecule has 0 bridgehead atoms. The molecule has 11 heteroatoms. The summed E-state index contributed by atoms with van der Waals surface area (Å²) in [6.07, 6.45) is -10.1. The zero-order valence-electron chi connectivity index (χ0n) is 22.7. The number of amides is 2. The first-order valence-electron chi connectivity index (χ1n) is 12.6. The van der Waals surface area contributed by atoms with Crippen molar-refractivity contribution in [2.75, 3.05) is 29.9 Å². The SMILES string of the molecule is CCN(C[C@@]1(C(=O)Nc2cc(C(F)(F)F)cc(C(F)(F)F)c2)CN(c2c(C)cccc2C)C(=O)[C@H]1C)C(C)C. The van der Waals surface area contributed by atoms with E-state index in [1.165, 1.54) is 4.90 Å². The van der Waals surface area contributed by atoms with Crippen LogP contribution in [0.5, 0.6) is 0 Å². The third kappa shape index (κ3) is 6.08. The molecule has 214 valence electrons. The maximum Gasteiger partial charge on any atom is 0.416 e. The number of aryl methyl sites for hydroxylation is 2. The molecule has 1 aliphatic rings. The number of alkyl halides is 6. The summed E-state index contributed by atoms with van der Waals surface area (Å²) in [6, 6.07) is 6.41. The van der Waals surface area contributed by atoms with Crippen molar-refractivity contribution in [2.45, 2.75) is 59.9 Å². The Labute approximate surface area is 224 Å². The maximum atomic E-state index is 14.0. The number of nitrogens with one attached hydrogen (secondary N) is 1. The van der Waals surface area contributed by atoms with Crippen LogP contribution in [0.3, 0.4) is 0 Å². The Morgan fingerprint density at radius 3 is 2.00 bits per heavy atom. The van der Waals surface area contributed by atoms with Gasteiger partial charge in [-0.3, -0.25) is 9.59 Å². The first kappa shape index (κ1) is 30.5. The number of carbonyl (C=O) groups is 2. The van der Waals surface area contributed by atoms with Gasteiger partial charge in [0, 0.05) is 30.5 Å². The lowest BCUT2D eigenvalue weighted by atomic mass is 9.76. The highest BCUT2D eigenvalue weighted by atomic mass is 19.4. The van der Waals surface area contributed by atoms with Gasteiger partial charge in [0.15, 0.2) is 0 Å². The minimum atomic E-state index is -5.06. The summed E-state index contributed by atoms with van der Waals surface area (Å²) in [4.78, 5) is 31.0. The van der Waals surface area contributed by atoms with Crippen LogP contribution in [-0.2, 0) is 21.9 Å². The number of halogens is 6. The van der Waals surface area contributed by atoms with Crippen LogP contribution >= 0.6 is 0 Å². The van der Waals surface area contributed by atoms with Crippen molar-refractivity contribution >= 4 is 23.2 Å². The van der Waals surface area contributed by atoms with Gasteiger partial charge in [-0.25, -0.2) is 0 Å². The van der Waals surface area contributed by atoms with Crippen LogP contribution in [0.15, 0.2) is 36.4 Å². The molecule has 2 atom stereocenters. The summed E-state index contributed by atoms with van der Waals surface area (Å²) < 4.78 is 80.7. The highest BCUT2D eigenvalue weighted by Crippen LogP contribution is 2.44. The Morgan fingerprint density at radius 2 is 1.56 bits per heavy atom. The molecule has 1 aliphatic heterocycles. The summed E-state index contributed by atoms with van der Waals surface area (Å²) in [7, 11) is 0. The molecule has 0 spiro atoms. The molecule has 1 fully saturated rings. The average Bonchev–Trinajstić information content (AvgIpc) is 3.07. The van der Waals surface area contributed by atoms with Gasteiger partial charge in [-0.15, -0.1) is 0 Å². The second-order valence-corrected chi connectivity index (χ2v) is 10.4. The summed E-state index contributed by atoms with van der Waals surface area (Å²) in [5, 5.41) is 2.33. The average molecular weight is 558 g/mol. The predicted octanol–water partition coefficient (Wildman–Crippen LogP) is 6.68. The predicted molar refractivity (Wildman–Crippen MR) is 137 cm³/mol. The second-order valence-electron chi connectivity index (χ2n) is 10.4. The Balaban J connectivity index is 2.13. The van der Waals surface area contributed by atoms with E-state index in [2.05, 4.69) is 5.32 Å². The van der Waals surface area contributed by atoms with Crippen LogP contribution in [0.4, 0.5) is 37.7 Å². The lowest BCUT2D eigenvalue weighted by molar-refractivity contribution is -0.143. The molecule has 2 aromatic carbocycles. The number of para-hydroxylation sites is 1. The van der Waals surface area contributed by atoms with E-state index in [1.54, 1.807) is 6.92 Å². The van der Waals surface area contributed by atoms with Crippen molar-refractivity contribution < 1.29 is 35.9 Å². The lowest BCUT2D eigenvalue weighted by Gasteiger charge is -2.37. The molecule has 0 saturated carbocycles. The fraction of sp³-hybridized carbons (Fsp3) is 0.500. The molecule has 39 heavy (non-hydrogen) atoms. The molecule has 0 radical (unpaired) electrons. The van der Waals surface area contributed by atoms with Gasteiger partial charge in [0.1, 0.15) is 0 Å². The number of hydrogen-bond acceptors (Lipinski definition) is 3. The van der Waals surface area contributed by atoms with E-state index < -0.39 is 46.4 Å². The van der Waals surface area contributed by atoms with E-state index in [-0.39, 0.29) is 31.1 Å². The van der Waals surface area contributed by atoms with E-state index in [0.717, 1.165) is 11.1 Å². The number of anilines is 2. The van der Waals surface area contributed by atoms with Crippen LogP contribution in [0.2, 0.25) is 0 Å². The van der Waals surface area contributed by atoms with Gasteiger partial charge in [-0.2, -0.15) is 26.3 Å². The summed E-state index contributed by atoms with van der Waals surface area (Å²) >= 11 is 0. The number of carbonyl (C=O) groups excluding carboxylic acids is 2. The topological polar surface area (TPSA) is 52.7 Å². The number of hydrogen-bond donors (Lipinski definition) is 1. The van der Waals surface area contributed by atoms with Gasteiger partial charge in [-0.05, 0) is 63.6 Å². The van der Waals surface area contributed by atoms with Gasteiger partial charge in [0.2, 0.25) is 11.8 Å². The van der Waals surface area contributed by atoms with Gasteiger partial charge in [0.05, 0.1) is 22.5 Å². The first-order valence-corrected chi connectivity index (χ1v) is 12.6. The Bertz CT molecular complexity index is 1190. The van der Waals surface area contributed by atoms with Crippen molar-refractivity contribution in [1.82, 2.24) is 4.90 Å². The summed E-state index contributed by atoms with van der Waals surface area (Å²) in [5.41, 5.74) is -2.93. The van der Waals surface area contributed by atoms with E-state index >= 15 is 0 Å². The molecule has 1 saturated heterocycles. The third-order valence-corrected chi connectivity index (χ3v) is 7.53. The Hall–Kier alpha value is -3.08. The van der Waals surface area contributed by atoms with Gasteiger partial charge < -0.3 is 15.1 Å². The smallest absolute Gasteiger partial charge is 0.325 e. The molecular weight excluding hydrogens is 524 g/mol. The van der Waals surface area contributed by atoms with Crippen LogP contribution in [0.25, 0.3) is 0 Å². The largest absolute Gasteiger partial charge is 0.416 e. The van der Waals surface area contributed by atoms with Crippen molar-refractivity contribution in [1.29, 1.82) is 0 Å². The van der Waals surface area contributed by atoms with Crippen molar-refractivity contribution in [3.8, 4) is 0 Å². The quantitative estimate of drug-likeness (QED) is 0.387. The van der Waals surface area contributed by atoms with Gasteiger partial charge in [-0.1, -0.05) is 32.0 Å². The van der Waals surface area contributed by atoms with Crippen LogP contribution in [0.1, 0.15) is 49.9 Å². The molecule has 2 aromatic rings. The van der Waals surface area contributed by atoms with Crippen LogP contribution in [-0.4, -0.2) is 42.4 Å². The van der Waals surface area contributed by atoms with Crippen molar-refractivity contribution in [2.24, 2.45) is 11.3 Å². The highest BCUT2D eigenvalue weighted by molar-refractivity contribution is 6.08. The normalized spacial score (nSPS) is 20.3. The maximum absolute atomic E-state index is 14.0. The minimum absolute atomic E-state index is 0.00736. The first-order chi connectivity index (χ1) is 17.9. The molecule has 1 heterocycles. The zero-order valence-corrected chi connectivity index (χ0v) is 22.7. The summed E-state index contributed by atoms with van der Waals surface area (Å²) in [6.45, 7) is 11.4. The van der Waals surface area contributed by atoms with E-state index in [0.29, 0.717) is 24.4 Å². The van der Waals surface area contributed by atoms with E-state index in [4.69, 9.17) is 0 Å². The standard InChI is InChI=1S/C28H33F6N3O2/c1-7-36(16(2)3)14-26(15-37(24(38)19(26)6)23-17(4)9-8-10-18(23)5)25(39)35-22-12-20(27(29,30)31)11-21(13-22)28(32,33)34/h8-13,16,19H,7,14-15H2,1-6H3,(H,35,39)/t19-,26-/m1/s1. The highest BCUT2D eigenvalue weighted by Gasteiger charge is 2.56. The monoisotopic (exact) mass is 557 g/mol. The molecule has 1 N–H and O–H groups in total. The fourth-order valence-electron chi connectivity index (χ4n) is 5.22. The van der Waals surface area contributed by atoms with Crippen molar-refractivity contribution in [3.63, 3.8) is 0 Å². The fourth-order valence-corrected chi connectivity index (χ4v) is 5.22. The molecule has 0 unspecified atom stereocenters. The lowest BCUT2D eigenvalue weighted by Crippen LogP contribution is -2.52. The van der Waals surface area contributed by atoms with E-state index in [1.807, 2.05) is 57.7 Å². The second kappa shape index (κ2) is 10.8. The van der Waals surface area contributed by atoms with Gasteiger partial charge in [0.25, 0.3) is 0 Å². The van der Waals surface area contributed by atoms with Crippen LogP contribution in [0, 0.1) is 25.2 Å². The Kier molecular flexibility index (Phi) is 8.46. The third-order valence-electron chi connectivity index (χ3n) is 7.53. The van der Waals surface area contributed by atoms with Crippen LogP contribution < -0.4 is 10.2 Å². The van der Waals surface area contributed by atoms with E-state index in [9.17, 15) is 35.9 Å². The minimum Gasteiger partial charge on any atom is -0.325 e. The number of rotatable bonds is 7. The number of benzene rings is 2. The molecule has 5 nitrogen and oxygen atoms in total. The van der Waals surface area contributed by atoms with Gasteiger partial charge >= 0.3 is 12.4 Å². The molecule has 0 aliphatic carbocycles. The molecule has 0 aromatic heterocycles. The zero-order chi connectivity index (χ0) is 29.5. The molecule has 3 rings (SSSR count). The van der Waals surface area contributed by atoms with Crippen molar-refractivity contribution in [3.05, 3.63) is 58.7 Å². The molecule has 2 amide bonds. The Morgan fingerprint density at radius 1 is 1.05 bits per heavy atom. The molecular formula is C28H33F6N3O2. The summed E-state index contributed by atoms with van der Waals surface area (Å²) in [5.74, 6) is -2.07. The number of nitrogens with zero attached hydrogens (tertiary/aromatic N) is 2.